The second-order valence-electron chi connectivity index (χ2n) is 7.98. The normalized spacial score (nSPS) is 18.0. The zero-order chi connectivity index (χ0) is 20.2. The van der Waals surface area contributed by atoms with Gasteiger partial charge in [0.15, 0.2) is 11.6 Å². The van der Waals surface area contributed by atoms with Gasteiger partial charge in [0, 0.05) is 37.8 Å². The van der Waals surface area contributed by atoms with Crippen LogP contribution in [0.25, 0.3) is 0 Å². The largest absolute Gasteiger partial charge is 0.378 e. The van der Waals surface area contributed by atoms with Crippen molar-refractivity contribution in [1.29, 1.82) is 0 Å². The van der Waals surface area contributed by atoms with Crippen molar-refractivity contribution in [2.75, 3.05) is 54.5 Å². The Bertz CT molecular complexity index is 821. The molecule has 0 radical (unpaired) electrons. The van der Waals surface area contributed by atoms with Crippen LogP contribution in [0.3, 0.4) is 0 Å². The summed E-state index contributed by atoms with van der Waals surface area (Å²) >= 11 is 0. The maximum atomic E-state index is 12.7. The van der Waals surface area contributed by atoms with Gasteiger partial charge < -0.3 is 19.9 Å². The third-order valence-electron chi connectivity index (χ3n) is 5.65. The summed E-state index contributed by atoms with van der Waals surface area (Å²) in [7, 11) is 0. The number of ether oxygens (including phenoxy) is 1. The summed E-state index contributed by atoms with van der Waals surface area (Å²) in [5.74, 6) is 1.94. The quantitative estimate of drug-likeness (QED) is 0.858. The topological polar surface area (TPSA) is 70.6 Å². The third kappa shape index (κ3) is 4.85. The molecular formula is C22H29N5O2. The minimum Gasteiger partial charge on any atom is -0.378 e. The average molecular weight is 396 g/mol. The Morgan fingerprint density at radius 2 is 1.48 bits per heavy atom. The minimum atomic E-state index is 0.0349. The summed E-state index contributed by atoms with van der Waals surface area (Å²) in [6, 6.07) is 10.2. The van der Waals surface area contributed by atoms with Crippen LogP contribution in [-0.2, 0) is 9.53 Å². The van der Waals surface area contributed by atoms with Crippen molar-refractivity contribution in [2.24, 2.45) is 5.92 Å². The molecule has 154 valence electrons. The van der Waals surface area contributed by atoms with E-state index in [9.17, 15) is 4.79 Å². The highest BCUT2D eigenvalue weighted by molar-refractivity contribution is 5.92. The second-order valence-corrected chi connectivity index (χ2v) is 7.98. The molecule has 2 aliphatic rings. The highest BCUT2D eigenvalue weighted by Crippen LogP contribution is 2.24. The summed E-state index contributed by atoms with van der Waals surface area (Å²) in [6.45, 7) is 8.91. The molecule has 0 aliphatic carbocycles. The number of amides is 1. The van der Waals surface area contributed by atoms with E-state index in [1.54, 1.807) is 0 Å². The van der Waals surface area contributed by atoms with Gasteiger partial charge in [0.2, 0.25) is 5.91 Å². The number of piperidine rings is 1. The van der Waals surface area contributed by atoms with Crippen LogP contribution in [0.2, 0.25) is 0 Å². The summed E-state index contributed by atoms with van der Waals surface area (Å²) in [5, 5.41) is 11.9. The number of aryl methyl sites for hydroxylation is 2. The smallest absolute Gasteiger partial charge is 0.227 e. The van der Waals surface area contributed by atoms with E-state index in [0.29, 0.717) is 0 Å². The van der Waals surface area contributed by atoms with Crippen LogP contribution in [0.1, 0.15) is 24.0 Å². The zero-order valence-corrected chi connectivity index (χ0v) is 17.2. The number of carbonyl (C=O) groups excluding carboxylic acids is 1. The van der Waals surface area contributed by atoms with Crippen LogP contribution >= 0.6 is 0 Å². The van der Waals surface area contributed by atoms with Crippen LogP contribution in [0.5, 0.6) is 0 Å². The SMILES string of the molecule is Cc1cc(C)cc(NC(=O)C2CCN(c3ccc(N4CCOCC4)nn3)CC2)c1. The summed E-state index contributed by atoms with van der Waals surface area (Å²) < 4.78 is 5.39. The Morgan fingerprint density at radius 1 is 0.931 bits per heavy atom. The summed E-state index contributed by atoms with van der Waals surface area (Å²) in [6.07, 6.45) is 1.65. The average Bonchev–Trinajstić information content (AvgIpc) is 2.74. The maximum Gasteiger partial charge on any atom is 0.227 e. The molecule has 3 heterocycles. The van der Waals surface area contributed by atoms with Crippen molar-refractivity contribution in [3.63, 3.8) is 0 Å². The minimum absolute atomic E-state index is 0.0349. The van der Waals surface area contributed by atoms with E-state index in [1.807, 2.05) is 38.1 Å². The lowest BCUT2D eigenvalue weighted by atomic mass is 9.95. The van der Waals surface area contributed by atoms with Gasteiger partial charge in [0.05, 0.1) is 13.2 Å². The molecule has 0 bridgehead atoms. The fraction of sp³-hybridized carbons (Fsp3) is 0.500. The number of nitrogens with one attached hydrogen (secondary N) is 1. The predicted octanol–water partition coefficient (Wildman–Crippen LogP) is 2.79. The van der Waals surface area contributed by atoms with Crippen LogP contribution in [0.15, 0.2) is 30.3 Å². The van der Waals surface area contributed by atoms with Crippen LogP contribution in [-0.4, -0.2) is 55.5 Å². The molecule has 1 N–H and O–H groups in total. The molecule has 2 saturated heterocycles. The molecule has 1 aromatic carbocycles. The van der Waals surface area contributed by atoms with Crippen LogP contribution < -0.4 is 15.1 Å². The second kappa shape index (κ2) is 8.78. The molecule has 0 spiro atoms. The van der Waals surface area contributed by atoms with Crippen molar-refractivity contribution in [2.45, 2.75) is 26.7 Å². The lowest BCUT2D eigenvalue weighted by Crippen LogP contribution is -2.39. The van der Waals surface area contributed by atoms with E-state index in [2.05, 4.69) is 31.4 Å². The molecule has 1 amide bonds. The number of morpholine rings is 1. The van der Waals surface area contributed by atoms with Crippen molar-refractivity contribution >= 4 is 23.2 Å². The van der Waals surface area contributed by atoms with Crippen molar-refractivity contribution in [1.82, 2.24) is 10.2 Å². The number of aromatic nitrogens is 2. The summed E-state index contributed by atoms with van der Waals surface area (Å²) in [4.78, 5) is 17.1. The van der Waals surface area contributed by atoms with Gasteiger partial charge in [-0.15, -0.1) is 10.2 Å². The first-order valence-electron chi connectivity index (χ1n) is 10.4. The standard InChI is InChI=1S/C22H29N5O2/c1-16-13-17(2)15-19(14-16)23-22(28)18-5-7-26(8-6-18)20-3-4-21(25-24-20)27-9-11-29-12-10-27/h3-4,13-15,18H,5-12H2,1-2H3,(H,23,28). The number of nitrogens with zero attached hydrogens (tertiary/aromatic N) is 4. The van der Waals surface area contributed by atoms with E-state index < -0.39 is 0 Å². The first-order valence-corrected chi connectivity index (χ1v) is 10.4. The molecule has 0 saturated carbocycles. The van der Waals surface area contributed by atoms with Crippen molar-refractivity contribution in [3.05, 3.63) is 41.5 Å². The van der Waals surface area contributed by atoms with Gasteiger partial charge in [-0.1, -0.05) is 6.07 Å². The zero-order valence-electron chi connectivity index (χ0n) is 17.2. The Labute approximate surface area is 172 Å². The summed E-state index contributed by atoms with van der Waals surface area (Å²) in [5.41, 5.74) is 3.21. The van der Waals surface area contributed by atoms with Gasteiger partial charge in [0.25, 0.3) is 0 Å². The molecule has 0 unspecified atom stereocenters. The lowest BCUT2D eigenvalue weighted by Gasteiger charge is -2.32. The highest BCUT2D eigenvalue weighted by Gasteiger charge is 2.26. The highest BCUT2D eigenvalue weighted by atomic mass is 16.5. The van der Waals surface area contributed by atoms with Crippen LogP contribution in [0.4, 0.5) is 17.3 Å². The number of hydrogen-bond donors (Lipinski definition) is 1. The molecule has 29 heavy (non-hydrogen) atoms. The Hall–Kier alpha value is -2.67. The van der Waals surface area contributed by atoms with E-state index in [-0.39, 0.29) is 11.8 Å². The molecule has 0 atom stereocenters. The Kier molecular flexibility index (Phi) is 5.94. The fourth-order valence-corrected chi connectivity index (χ4v) is 4.11. The van der Waals surface area contributed by atoms with Crippen molar-refractivity contribution < 1.29 is 9.53 Å². The van der Waals surface area contributed by atoms with E-state index in [1.165, 1.54) is 0 Å². The van der Waals surface area contributed by atoms with Gasteiger partial charge in [-0.3, -0.25) is 4.79 Å². The monoisotopic (exact) mass is 395 g/mol. The fourth-order valence-electron chi connectivity index (χ4n) is 4.11. The van der Waals surface area contributed by atoms with Gasteiger partial charge >= 0.3 is 0 Å². The van der Waals surface area contributed by atoms with E-state index in [4.69, 9.17) is 4.74 Å². The maximum absolute atomic E-state index is 12.7. The molecule has 4 rings (SSSR count). The molecule has 1 aromatic heterocycles. The Balaban J connectivity index is 1.31. The van der Waals surface area contributed by atoms with Gasteiger partial charge in [-0.05, 0) is 62.1 Å². The first kappa shape index (κ1) is 19.6. The van der Waals surface area contributed by atoms with E-state index in [0.717, 1.165) is 80.7 Å². The Morgan fingerprint density at radius 3 is 2.03 bits per heavy atom. The molecular weight excluding hydrogens is 366 g/mol. The number of carbonyl (C=O) groups is 1. The molecule has 2 aliphatic heterocycles. The molecule has 2 fully saturated rings. The van der Waals surface area contributed by atoms with Gasteiger partial charge in [-0.2, -0.15) is 0 Å². The number of rotatable bonds is 4. The van der Waals surface area contributed by atoms with Crippen molar-refractivity contribution in [3.8, 4) is 0 Å². The molecule has 7 nitrogen and oxygen atoms in total. The first-order chi connectivity index (χ1) is 14.1. The number of benzene rings is 1. The number of anilines is 3. The molecule has 2 aromatic rings. The van der Waals surface area contributed by atoms with E-state index >= 15 is 0 Å². The number of hydrogen-bond acceptors (Lipinski definition) is 6. The molecule has 7 heteroatoms. The lowest BCUT2D eigenvalue weighted by molar-refractivity contribution is -0.120. The van der Waals surface area contributed by atoms with Gasteiger partial charge in [-0.25, -0.2) is 0 Å². The van der Waals surface area contributed by atoms with Crippen LogP contribution in [0, 0.1) is 19.8 Å². The third-order valence-corrected chi connectivity index (χ3v) is 5.65. The van der Waals surface area contributed by atoms with Gasteiger partial charge in [0.1, 0.15) is 0 Å². The predicted molar refractivity (Wildman–Crippen MR) is 115 cm³/mol.